The Morgan fingerprint density at radius 1 is 0.489 bits per heavy atom. The number of benzene rings is 6. The molecule has 9 rings (SSSR count). The van der Waals surface area contributed by atoms with E-state index in [4.69, 9.17) is 8.83 Å². The number of rotatable bonds is 7. The first-order chi connectivity index (χ1) is 23.2. The second-order valence-corrected chi connectivity index (χ2v) is 12.9. The molecule has 3 nitrogen and oxygen atoms in total. The smallest absolute Gasteiger partial charge is 0.209 e. The van der Waals surface area contributed by atoms with Gasteiger partial charge in [-0.3, -0.25) is 4.98 Å². The van der Waals surface area contributed by atoms with Gasteiger partial charge in [0.2, 0.25) is 11.4 Å². The van der Waals surface area contributed by atoms with Crippen molar-refractivity contribution >= 4 is 78.3 Å². The van der Waals surface area contributed by atoms with E-state index in [9.17, 15) is 0 Å². The number of unbranched alkanes of at least 4 members (excludes halogenated alkanes) is 4. The fraction of sp³-hybridized carbons (Fsp3) is 0.163. The molecule has 0 bridgehead atoms. The number of H-pyrrole nitrogens is 1. The predicted octanol–water partition coefficient (Wildman–Crippen LogP) is 13.3. The molecule has 0 spiro atoms. The summed E-state index contributed by atoms with van der Waals surface area (Å²) in [6.07, 6.45) is 6.80. The Balaban J connectivity index is 0.000000363. The van der Waals surface area contributed by atoms with Crippen molar-refractivity contribution in [2.45, 2.75) is 39.0 Å². The van der Waals surface area contributed by atoms with Gasteiger partial charge < -0.3 is 8.83 Å². The second kappa shape index (κ2) is 12.7. The van der Waals surface area contributed by atoms with Crippen LogP contribution in [0.1, 0.15) is 39.0 Å². The summed E-state index contributed by atoms with van der Waals surface area (Å²) in [4.78, 5) is 3.39. The van der Waals surface area contributed by atoms with Gasteiger partial charge in [0.15, 0.2) is 0 Å². The third kappa shape index (κ3) is 5.57. The molecular formula is C43H37NO2S. The van der Waals surface area contributed by atoms with Gasteiger partial charge in [-0.15, -0.1) is 0 Å². The number of hydrogen-bond donors (Lipinski definition) is 2. The largest absolute Gasteiger partial charge is 0.440 e. The maximum atomic E-state index is 6.31. The molecule has 3 heterocycles. The fourth-order valence-corrected chi connectivity index (χ4v) is 7.00. The summed E-state index contributed by atoms with van der Waals surface area (Å²) in [5.74, 6) is 1.06. The number of nitrogens with one attached hydrogen (secondary N) is 1. The summed E-state index contributed by atoms with van der Waals surface area (Å²) in [5, 5.41) is 9.26. The normalized spacial score (nSPS) is 11.7. The molecule has 6 aromatic carbocycles. The zero-order valence-corrected chi connectivity index (χ0v) is 27.4. The first kappa shape index (κ1) is 29.5. The average Bonchev–Trinajstić information content (AvgIpc) is 3.76. The molecule has 232 valence electrons. The van der Waals surface area contributed by atoms with E-state index in [0.29, 0.717) is 0 Å². The van der Waals surface area contributed by atoms with Gasteiger partial charge in [0.05, 0.1) is 10.8 Å². The van der Waals surface area contributed by atoms with Crippen molar-refractivity contribution in [1.82, 2.24) is 4.98 Å². The zero-order chi connectivity index (χ0) is 31.7. The minimum absolute atomic E-state index is 0.745. The fourth-order valence-electron chi connectivity index (χ4n) is 6.78. The van der Waals surface area contributed by atoms with Crippen LogP contribution in [0.3, 0.4) is 0 Å². The SMILES string of the molecule is CCCCCCCS.c1ccc2cc(-c3ccc4c(c3)oc3[nH]c5oc6cc(-c7ccc8ccccc8c7)ccc6c5c34)ccc2c1. The number of thiol groups is 1. The van der Waals surface area contributed by atoms with Crippen molar-refractivity contribution in [2.24, 2.45) is 0 Å². The van der Waals surface area contributed by atoms with Gasteiger partial charge >= 0.3 is 0 Å². The molecule has 0 radical (unpaired) electrons. The minimum Gasteiger partial charge on any atom is -0.440 e. The molecule has 0 unspecified atom stereocenters. The second-order valence-electron chi connectivity index (χ2n) is 12.4. The van der Waals surface area contributed by atoms with Gasteiger partial charge in [-0.2, -0.15) is 12.6 Å². The van der Waals surface area contributed by atoms with Crippen LogP contribution in [0.5, 0.6) is 0 Å². The van der Waals surface area contributed by atoms with Crippen LogP contribution < -0.4 is 0 Å². The molecule has 0 aliphatic rings. The number of aromatic amines is 1. The minimum atomic E-state index is 0.745. The van der Waals surface area contributed by atoms with Crippen molar-refractivity contribution < 1.29 is 8.83 Å². The Hall–Kier alpha value is -4.93. The number of hydrogen-bond acceptors (Lipinski definition) is 3. The van der Waals surface area contributed by atoms with Gasteiger partial charge in [0.1, 0.15) is 11.2 Å². The Morgan fingerprint density at radius 3 is 1.43 bits per heavy atom. The number of furan rings is 2. The first-order valence-corrected chi connectivity index (χ1v) is 17.3. The van der Waals surface area contributed by atoms with E-state index in [1.165, 1.54) is 64.8 Å². The lowest BCUT2D eigenvalue weighted by atomic mass is 9.99. The van der Waals surface area contributed by atoms with E-state index in [1.807, 2.05) is 0 Å². The molecule has 47 heavy (non-hydrogen) atoms. The highest BCUT2D eigenvalue weighted by atomic mass is 32.1. The van der Waals surface area contributed by atoms with Crippen LogP contribution in [0.15, 0.2) is 130 Å². The molecule has 9 aromatic rings. The molecule has 0 fully saturated rings. The van der Waals surface area contributed by atoms with Crippen LogP contribution in [-0.2, 0) is 0 Å². The van der Waals surface area contributed by atoms with Crippen LogP contribution >= 0.6 is 12.6 Å². The van der Waals surface area contributed by atoms with Crippen LogP contribution in [0.25, 0.3) is 87.9 Å². The van der Waals surface area contributed by atoms with E-state index in [2.05, 4.69) is 146 Å². The molecule has 3 aromatic heterocycles. The Bertz CT molecular complexity index is 2340. The topological polar surface area (TPSA) is 42.1 Å². The maximum Gasteiger partial charge on any atom is 0.209 e. The quantitative estimate of drug-likeness (QED) is 0.136. The average molecular weight is 632 g/mol. The van der Waals surface area contributed by atoms with Gasteiger partial charge in [0.25, 0.3) is 0 Å². The highest BCUT2D eigenvalue weighted by Crippen LogP contribution is 2.42. The van der Waals surface area contributed by atoms with E-state index in [1.54, 1.807) is 0 Å². The van der Waals surface area contributed by atoms with Crippen molar-refractivity contribution in [3.05, 3.63) is 121 Å². The standard InChI is InChI=1S/C36H21NO2.C7H16S/c1-3-7-23-17-25(11-9-21(23)5-1)27-13-15-29-31(19-27)38-35-33(29)34-30-16-14-28(20-32(30)39-36(34)37-35)26-12-10-22-6-2-4-8-24(22)18-26;1-2-3-4-5-6-7-8/h1-20,37H;8H,2-7H2,1H3. The lowest BCUT2D eigenvalue weighted by molar-refractivity contribution is 0.634. The number of fused-ring (bicyclic) bond motifs is 9. The van der Waals surface area contributed by atoms with Crippen LogP contribution in [-0.4, -0.2) is 10.7 Å². The predicted molar refractivity (Wildman–Crippen MR) is 204 cm³/mol. The van der Waals surface area contributed by atoms with E-state index < -0.39 is 0 Å². The third-order valence-electron chi connectivity index (χ3n) is 9.28. The molecule has 0 saturated heterocycles. The lowest BCUT2D eigenvalue weighted by Crippen LogP contribution is -1.79. The van der Waals surface area contributed by atoms with Crippen LogP contribution in [0.2, 0.25) is 0 Å². The van der Waals surface area contributed by atoms with E-state index >= 15 is 0 Å². The summed E-state index contributed by atoms with van der Waals surface area (Å²) in [5.41, 5.74) is 7.85. The van der Waals surface area contributed by atoms with Crippen molar-refractivity contribution in [3.63, 3.8) is 0 Å². The molecule has 0 aliphatic carbocycles. The van der Waals surface area contributed by atoms with Crippen molar-refractivity contribution in [2.75, 3.05) is 5.75 Å². The molecular weight excluding hydrogens is 595 g/mol. The van der Waals surface area contributed by atoms with Crippen LogP contribution in [0.4, 0.5) is 0 Å². The molecule has 0 saturated carbocycles. The van der Waals surface area contributed by atoms with Gasteiger partial charge in [-0.25, -0.2) is 0 Å². The summed E-state index contributed by atoms with van der Waals surface area (Å²) < 4.78 is 12.6. The van der Waals surface area contributed by atoms with Crippen molar-refractivity contribution in [3.8, 4) is 22.3 Å². The summed E-state index contributed by atoms with van der Waals surface area (Å²) >= 11 is 4.12. The van der Waals surface area contributed by atoms with Crippen LogP contribution in [0, 0.1) is 0 Å². The lowest BCUT2D eigenvalue weighted by Gasteiger charge is -2.04. The number of aromatic nitrogens is 1. The highest BCUT2D eigenvalue weighted by molar-refractivity contribution is 7.80. The Labute approximate surface area is 279 Å². The van der Waals surface area contributed by atoms with Gasteiger partial charge in [0, 0.05) is 10.8 Å². The Morgan fingerprint density at radius 2 is 0.936 bits per heavy atom. The maximum absolute atomic E-state index is 6.31. The molecule has 0 aliphatic heterocycles. The monoisotopic (exact) mass is 631 g/mol. The summed E-state index contributed by atoms with van der Waals surface area (Å²) in [6.45, 7) is 2.24. The van der Waals surface area contributed by atoms with Crippen molar-refractivity contribution in [1.29, 1.82) is 0 Å². The highest BCUT2D eigenvalue weighted by Gasteiger charge is 2.20. The summed E-state index contributed by atoms with van der Waals surface area (Å²) in [6, 6.07) is 43.0. The first-order valence-electron chi connectivity index (χ1n) is 16.7. The van der Waals surface area contributed by atoms with E-state index in [0.717, 1.165) is 61.0 Å². The van der Waals surface area contributed by atoms with E-state index in [-0.39, 0.29) is 0 Å². The summed E-state index contributed by atoms with van der Waals surface area (Å²) in [7, 11) is 0. The third-order valence-corrected chi connectivity index (χ3v) is 9.60. The molecule has 0 amide bonds. The van der Waals surface area contributed by atoms with Gasteiger partial charge in [-0.05, 0) is 92.4 Å². The molecule has 0 atom stereocenters. The molecule has 4 heteroatoms. The zero-order valence-electron chi connectivity index (χ0n) is 26.6. The molecule has 1 N–H and O–H groups in total. The van der Waals surface area contributed by atoms with Gasteiger partial charge in [-0.1, -0.05) is 118 Å². The Kier molecular flexibility index (Phi) is 7.96.